The average molecular weight is 285 g/mol. The third kappa shape index (κ3) is 2.06. The van der Waals surface area contributed by atoms with Crippen LogP contribution in [-0.2, 0) is 0 Å². The van der Waals surface area contributed by atoms with Crippen LogP contribution in [0.1, 0.15) is 21.5 Å². The van der Waals surface area contributed by atoms with Crippen LogP contribution < -0.4 is 5.73 Å². The molecule has 0 spiro atoms. The number of anilines is 1. The topological polar surface area (TPSA) is 58.9 Å². The van der Waals surface area contributed by atoms with Crippen molar-refractivity contribution in [1.82, 2.24) is 4.98 Å². The van der Waals surface area contributed by atoms with Gasteiger partial charge in [-0.05, 0) is 36.8 Å². The highest BCUT2D eigenvalue weighted by molar-refractivity contribution is 6.33. The molecule has 3 rings (SSSR count). The highest BCUT2D eigenvalue weighted by Gasteiger charge is 2.15. The van der Waals surface area contributed by atoms with Crippen molar-refractivity contribution >= 4 is 34.0 Å². The van der Waals surface area contributed by atoms with E-state index in [-0.39, 0.29) is 5.78 Å². The molecular weight excluding hydrogens is 272 g/mol. The minimum Gasteiger partial charge on any atom is -0.398 e. The van der Waals surface area contributed by atoms with Crippen LogP contribution in [0.25, 0.3) is 10.9 Å². The molecule has 1 aromatic heterocycles. The van der Waals surface area contributed by atoms with Crippen LogP contribution in [0.15, 0.2) is 42.6 Å². The van der Waals surface area contributed by atoms with E-state index in [9.17, 15) is 4.79 Å². The lowest BCUT2D eigenvalue weighted by atomic mass is 10.0. The predicted octanol–water partition coefficient (Wildman–Crippen LogP) is 3.94. The summed E-state index contributed by atoms with van der Waals surface area (Å²) in [6.45, 7) is 2.02. The number of carbonyl (C=O) groups is 1. The molecule has 20 heavy (non-hydrogen) atoms. The summed E-state index contributed by atoms with van der Waals surface area (Å²) >= 11 is 5.88. The Kier molecular flexibility index (Phi) is 2.99. The number of aromatic nitrogens is 1. The van der Waals surface area contributed by atoms with Crippen molar-refractivity contribution in [3.05, 3.63) is 64.3 Å². The smallest absolute Gasteiger partial charge is 0.195 e. The molecule has 0 saturated carbocycles. The Morgan fingerprint density at radius 2 is 2.00 bits per heavy atom. The van der Waals surface area contributed by atoms with Gasteiger partial charge in [-0.1, -0.05) is 23.7 Å². The molecule has 1 heterocycles. The Bertz CT molecular complexity index is 820. The molecule has 0 radical (unpaired) electrons. The number of halogens is 1. The van der Waals surface area contributed by atoms with Crippen molar-refractivity contribution in [2.45, 2.75) is 6.92 Å². The fraction of sp³-hybridized carbons (Fsp3) is 0.0625. The van der Waals surface area contributed by atoms with Gasteiger partial charge in [0, 0.05) is 28.2 Å². The second-order valence-electron chi connectivity index (χ2n) is 4.82. The first-order chi connectivity index (χ1) is 9.56. The zero-order chi connectivity index (χ0) is 14.3. The van der Waals surface area contributed by atoms with Gasteiger partial charge in [0.05, 0.1) is 10.7 Å². The summed E-state index contributed by atoms with van der Waals surface area (Å²) in [6, 6.07) is 10.9. The van der Waals surface area contributed by atoms with Crippen LogP contribution in [0, 0.1) is 6.92 Å². The van der Waals surface area contributed by atoms with Crippen LogP contribution >= 0.6 is 11.6 Å². The molecule has 0 aliphatic carbocycles. The minimum absolute atomic E-state index is 0.0662. The summed E-state index contributed by atoms with van der Waals surface area (Å²) in [6.07, 6.45) is 1.73. The summed E-state index contributed by atoms with van der Waals surface area (Å²) in [4.78, 5) is 15.7. The third-order valence-corrected chi connectivity index (χ3v) is 3.68. The molecule has 100 valence electrons. The molecule has 0 saturated heterocycles. The van der Waals surface area contributed by atoms with Gasteiger partial charge in [0.2, 0.25) is 0 Å². The number of H-pyrrole nitrogens is 1. The first-order valence-electron chi connectivity index (χ1n) is 6.24. The Labute approximate surface area is 121 Å². The van der Waals surface area contributed by atoms with E-state index in [1.807, 2.05) is 25.1 Å². The lowest BCUT2D eigenvalue weighted by Crippen LogP contribution is -2.01. The largest absolute Gasteiger partial charge is 0.398 e. The van der Waals surface area contributed by atoms with Gasteiger partial charge in [-0.15, -0.1) is 0 Å². The van der Waals surface area contributed by atoms with E-state index in [0.29, 0.717) is 21.8 Å². The molecule has 0 amide bonds. The molecule has 0 fully saturated rings. The summed E-state index contributed by atoms with van der Waals surface area (Å²) in [5.41, 5.74) is 9.44. The van der Waals surface area contributed by atoms with Crippen molar-refractivity contribution in [1.29, 1.82) is 0 Å². The molecule has 0 atom stereocenters. The molecule has 4 heteroatoms. The number of fused-ring (bicyclic) bond motifs is 1. The van der Waals surface area contributed by atoms with Gasteiger partial charge in [-0.2, -0.15) is 0 Å². The molecule has 0 bridgehead atoms. The van der Waals surface area contributed by atoms with Crippen molar-refractivity contribution in [3.8, 4) is 0 Å². The number of nitrogens with one attached hydrogen (secondary N) is 1. The Hall–Kier alpha value is -2.26. The van der Waals surface area contributed by atoms with Gasteiger partial charge >= 0.3 is 0 Å². The predicted molar refractivity (Wildman–Crippen MR) is 82.3 cm³/mol. The van der Waals surface area contributed by atoms with Crippen LogP contribution in [0.2, 0.25) is 5.02 Å². The second kappa shape index (κ2) is 4.69. The van der Waals surface area contributed by atoms with Crippen molar-refractivity contribution < 1.29 is 4.79 Å². The third-order valence-electron chi connectivity index (χ3n) is 3.34. The monoisotopic (exact) mass is 284 g/mol. The first-order valence-corrected chi connectivity index (χ1v) is 6.61. The van der Waals surface area contributed by atoms with E-state index in [2.05, 4.69) is 4.98 Å². The fourth-order valence-corrected chi connectivity index (χ4v) is 2.39. The molecule has 3 nitrogen and oxygen atoms in total. The van der Waals surface area contributed by atoms with E-state index in [4.69, 9.17) is 17.3 Å². The highest BCUT2D eigenvalue weighted by atomic mass is 35.5. The lowest BCUT2D eigenvalue weighted by molar-refractivity contribution is 0.104. The normalized spacial score (nSPS) is 10.9. The van der Waals surface area contributed by atoms with Gasteiger partial charge in [-0.25, -0.2) is 0 Å². The number of hydrogen-bond acceptors (Lipinski definition) is 2. The van der Waals surface area contributed by atoms with Crippen LogP contribution in [0.4, 0.5) is 5.69 Å². The number of ketones is 1. The fourth-order valence-electron chi connectivity index (χ4n) is 2.27. The Morgan fingerprint density at radius 1 is 1.20 bits per heavy atom. The quantitative estimate of drug-likeness (QED) is 0.553. The zero-order valence-corrected chi connectivity index (χ0v) is 11.7. The number of aromatic amines is 1. The molecule has 0 aliphatic rings. The molecule has 2 aromatic carbocycles. The van der Waals surface area contributed by atoms with E-state index < -0.39 is 0 Å². The molecule has 0 unspecified atom stereocenters. The SMILES string of the molecule is Cc1ccc2c(C(=O)c3ccc(Cl)c(N)c3)c[nH]c2c1. The van der Waals surface area contributed by atoms with E-state index in [0.717, 1.165) is 16.5 Å². The van der Waals surface area contributed by atoms with Gasteiger partial charge in [0.25, 0.3) is 0 Å². The highest BCUT2D eigenvalue weighted by Crippen LogP contribution is 2.25. The summed E-state index contributed by atoms with van der Waals surface area (Å²) in [7, 11) is 0. The maximum atomic E-state index is 12.6. The summed E-state index contributed by atoms with van der Waals surface area (Å²) < 4.78 is 0. The number of carbonyl (C=O) groups excluding carboxylic acids is 1. The number of benzene rings is 2. The summed E-state index contributed by atoms with van der Waals surface area (Å²) in [5, 5.41) is 1.37. The van der Waals surface area contributed by atoms with Crippen LogP contribution in [-0.4, -0.2) is 10.8 Å². The van der Waals surface area contributed by atoms with Gasteiger partial charge in [-0.3, -0.25) is 4.79 Å². The van der Waals surface area contributed by atoms with Crippen molar-refractivity contribution in [2.24, 2.45) is 0 Å². The Balaban J connectivity index is 2.10. The van der Waals surface area contributed by atoms with Gasteiger partial charge in [0.1, 0.15) is 0 Å². The molecular formula is C16H13ClN2O. The van der Waals surface area contributed by atoms with Gasteiger partial charge < -0.3 is 10.7 Å². The Morgan fingerprint density at radius 3 is 2.75 bits per heavy atom. The van der Waals surface area contributed by atoms with Crippen molar-refractivity contribution in [3.63, 3.8) is 0 Å². The summed E-state index contributed by atoms with van der Waals surface area (Å²) in [5.74, 6) is -0.0662. The minimum atomic E-state index is -0.0662. The zero-order valence-electron chi connectivity index (χ0n) is 10.9. The maximum Gasteiger partial charge on any atom is 0.195 e. The van der Waals surface area contributed by atoms with Crippen LogP contribution in [0.5, 0.6) is 0 Å². The number of rotatable bonds is 2. The van der Waals surface area contributed by atoms with E-state index in [1.165, 1.54) is 0 Å². The molecule has 0 aliphatic heterocycles. The van der Waals surface area contributed by atoms with Crippen molar-refractivity contribution in [2.75, 3.05) is 5.73 Å². The number of hydrogen-bond donors (Lipinski definition) is 2. The number of aryl methyl sites for hydroxylation is 1. The molecule has 3 aromatic rings. The number of nitrogens with two attached hydrogens (primary N) is 1. The second-order valence-corrected chi connectivity index (χ2v) is 5.22. The standard InChI is InChI=1S/C16H13ClN2O/c1-9-2-4-11-12(8-19-15(11)6-9)16(20)10-3-5-13(17)14(18)7-10/h2-8,19H,18H2,1H3. The van der Waals surface area contributed by atoms with E-state index in [1.54, 1.807) is 24.4 Å². The average Bonchev–Trinajstić information content (AvgIpc) is 2.84. The lowest BCUT2D eigenvalue weighted by Gasteiger charge is -2.03. The first kappa shape index (κ1) is 12.8. The van der Waals surface area contributed by atoms with E-state index >= 15 is 0 Å². The molecule has 3 N–H and O–H groups in total. The van der Waals surface area contributed by atoms with Crippen LogP contribution in [0.3, 0.4) is 0 Å². The van der Waals surface area contributed by atoms with Gasteiger partial charge in [0.15, 0.2) is 5.78 Å². The maximum absolute atomic E-state index is 12.6. The number of nitrogen functional groups attached to an aromatic ring is 1.